The van der Waals surface area contributed by atoms with Crippen LogP contribution in [-0.2, 0) is 17.5 Å². The Hall–Kier alpha value is -3.61. The van der Waals surface area contributed by atoms with Crippen LogP contribution in [0.5, 0.6) is 0 Å². The lowest BCUT2D eigenvalue weighted by atomic mass is 10.1. The summed E-state index contributed by atoms with van der Waals surface area (Å²) in [5.74, 6) is 0.360. The molecule has 0 radical (unpaired) electrons. The second-order valence-corrected chi connectivity index (χ2v) is 8.49. The van der Waals surface area contributed by atoms with E-state index in [1.54, 1.807) is 6.07 Å². The maximum absolute atomic E-state index is 13.2. The Balaban J connectivity index is 1.51. The van der Waals surface area contributed by atoms with Crippen molar-refractivity contribution in [2.75, 3.05) is 11.4 Å². The molecule has 4 aromatic rings. The predicted molar refractivity (Wildman–Crippen MR) is 121 cm³/mol. The van der Waals surface area contributed by atoms with Crippen LogP contribution in [0.15, 0.2) is 72.8 Å². The fourth-order valence-electron chi connectivity index (χ4n) is 4.55. The number of anilines is 1. The van der Waals surface area contributed by atoms with Gasteiger partial charge in [0.05, 0.1) is 16.6 Å². The number of hydrogen-bond donors (Lipinski definition) is 0. The molecule has 1 atom stereocenters. The molecule has 1 saturated heterocycles. The average Bonchev–Trinajstić information content (AvgIpc) is 3.34. The first-order valence-electron chi connectivity index (χ1n) is 10.8. The summed E-state index contributed by atoms with van der Waals surface area (Å²) in [6.07, 6.45) is -4.26. The van der Waals surface area contributed by atoms with Crippen LogP contribution in [0, 0.1) is 6.92 Å². The van der Waals surface area contributed by atoms with Gasteiger partial charge in [0.1, 0.15) is 5.82 Å². The summed E-state index contributed by atoms with van der Waals surface area (Å²) >= 11 is 0. The van der Waals surface area contributed by atoms with E-state index in [9.17, 15) is 18.0 Å². The first-order chi connectivity index (χ1) is 15.8. The Labute approximate surface area is 189 Å². The van der Waals surface area contributed by atoms with E-state index in [1.165, 1.54) is 11.0 Å². The summed E-state index contributed by atoms with van der Waals surface area (Å²) in [6.45, 7) is 2.93. The minimum Gasteiger partial charge on any atom is -0.323 e. The molecule has 7 heteroatoms. The highest BCUT2D eigenvalue weighted by molar-refractivity contribution is 5.96. The number of halogens is 3. The van der Waals surface area contributed by atoms with Crippen molar-refractivity contribution >= 4 is 22.6 Å². The molecule has 4 nitrogen and oxygen atoms in total. The minimum absolute atomic E-state index is 0.200. The van der Waals surface area contributed by atoms with Gasteiger partial charge >= 0.3 is 6.18 Å². The van der Waals surface area contributed by atoms with Crippen molar-refractivity contribution in [3.05, 3.63) is 95.3 Å². The quantitative estimate of drug-likeness (QED) is 0.387. The molecule has 1 aromatic heterocycles. The van der Waals surface area contributed by atoms with Gasteiger partial charge in [-0.1, -0.05) is 48.0 Å². The number of para-hydroxylation sites is 2. The molecule has 5 rings (SSSR count). The van der Waals surface area contributed by atoms with Crippen molar-refractivity contribution in [1.82, 2.24) is 9.55 Å². The number of aromatic nitrogens is 2. The van der Waals surface area contributed by atoms with E-state index in [2.05, 4.69) is 16.7 Å². The summed E-state index contributed by atoms with van der Waals surface area (Å²) in [4.78, 5) is 19.1. The van der Waals surface area contributed by atoms with Gasteiger partial charge in [0.15, 0.2) is 0 Å². The van der Waals surface area contributed by atoms with Gasteiger partial charge in [-0.05, 0) is 42.8 Å². The summed E-state index contributed by atoms with van der Waals surface area (Å²) < 4.78 is 41.7. The van der Waals surface area contributed by atoms with Crippen molar-refractivity contribution in [2.45, 2.75) is 32.0 Å². The number of benzene rings is 3. The van der Waals surface area contributed by atoms with Gasteiger partial charge in [-0.15, -0.1) is 0 Å². The molecular formula is C26H22F3N3O. The van der Waals surface area contributed by atoms with E-state index in [0.29, 0.717) is 6.54 Å². The van der Waals surface area contributed by atoms with Crippen molar-refractivity contribution in [2.24, 2.45) is 0 Å². The Morgan fingerprint density at radius 3 is 2.58 bits per heavy atom. The van der Waals surface area contributed by atoms with Crippen LogP contribution in [0.4, 0.5) is 18.9 Å². The molecule has 1 aliphatic heterocycles. The third kappa shape index (κ3) is 4.11. The molecule has 0 N–H and O–H groups in total. The van der Waals surface area contributed by atoms with Crippen LogP contribution in [-0.4, -0.2) is 22.0 Å². The number of nitrogens with zero attached hydrogens (tertiary/aromatic N) is 3. The molecule has 2 heterocycles. The van der Waals surface area contributed by atoms with Gasteiger partial charge in [0, 0.05) is 31.1 Å². The Morgan fingerprint density at radius 2 is 1.79 bits per heavy atom. The number of alkyl halides is 3. The van der Waals surface area contributed by atoms with E-state index in [-0.39, 0.29) is 30.5 Å². The first-order valence-corrected chi connectivity index (χ1v) is 10.8. The van der Waals surface area contributed by atoms with Gasteiger partial charge < -0.3 is 9.47 Å². The number of rotatable bonds is 4. The average molecular weight is 449 g/mol. The predicted octanol–water partition coefficient (Wildman–Crippen LogP) is 5.93. The minimum atomic E-state index is -4.46. The number of aryl methyl sites for hydroxylation is 1. The van der Waals surface area contributed by atoms with E-state index in [1.807, 2.05) is 43.3 Å². The molecule has 0 spiro atoms. The standard InChI is InChI=1S/C26H22F3N3O/c1-17-6-4-7-18(12-17)15-32-23-11-3-2-10-22(23)30-25(32)19-13-24(33)31(16-19)21-9-5-8-20(14-21)26(27,28)29/h2-12,14,19H,13,15-16H2,1H3/t19-/m1/s1. The lowest BCUT2D eigenvalue weighted by Gasteiger charge is -2.19. The number of carbonyl (C=O) groups is 1. The van der Waals surface area contributed by atoms with Gasteiger partial charge in [0.2, 0.25) is 5.91 Å². The normalized spacial score (nSPS) is 16.7. The van der Waals surface area contributed by atoms with E-state index in [4.69, 9.17) is 4.98 Å². The highest BCUT2D eigenvalue weighted by Gasteiger charge is 2.36. The van der Waals surface area contributed by atoms with Crippen molar-refractivity contribution in [3.8, 4) is 0 Å². The lowest BCUT2D eigenvalue weighted by Crippen LogP contribution is -2.25. The molecule has 0 unspecified atom stereocenters. The lowest BCUT2D eigenvalue weighted by molar-refractivity contribution is -0.137. The smallest absolute Gasteiger partial charge is 0.323 e. The Bertz CT molecular complexity index is 1340. The molecule has 0 bridgehead atoms. The van der Waals surface area contributed by atoms with Gasteiger partial charge in [-0.3, -0.25) is 4.79 Å². The van der Waals surface area contributed by atoms with Crippen molar-refractivity contribution in [1.29, 1.82) is 0 Å². The number of amides is 1. The molecule has 33 heavy (non-hydrogen) atoms. The summed E-state index contributed by atoms with van der Waals surface area (Å²) in [7, 11) is 0. The zero-order valence-corrected chi connectivity index (χ0v) is 18.0. The highest BCUT2D eigenvalue weighted by atomic mass is 19.4. The van der Waals surface area contributed by atoms with Gasteiger partial charge in [-0.25, -0.2) is 4.98 Å². The summed E-state index contributed by atoms with van der Waals surface area (Å²) in [5, 5.41) is 0. The molecule has 1 aliphatic rings. The molecule has 3 aromatic carbocycles. The number of hydrogen-bond acceptors (Lipinski definition) is 2. The van der Waals surface area contributed by atoms with Crippen LogP contribution in [0.2, 0.25) is 0 Å². The second-order valence-electron chi connectivity index (χ2n) is 8.49. The number of carbonyl (C=O) groups excluding carboxylic acids is 1. The maximum Gasteiger partial charge on any atom is 0.416 e. The zero-order valence-electron chi connectivity index (χ0n) is 18.0. The molecule has 0 aliphatic carbocycles. The SMILES string of the molecule is Cc1cccc(Cn2c([C@@H]3CC(=O)N(c4cccc(C(F)(F)F)c4)C3)nc3ccccc32)c1. The van der Waals surface area contributed by atoms with Crippen LogP contribution in [0.1, 0.15) is 34.9 Å². The van der Waals surface area contributed by atoms with E-state index in [0.717, 1.165) is 40.1 Å². The number of fused-ring (bicyclic) bond motifs is 1. The first kappa shape index (κ1) is 21.2. The zero-order chi connectivity index (χ0) is 23.2. The van der Waals surface area contributed by atoms with E-state index < -0.39 is 11.7 Å². The van der Waals surface area contributed by atoms with Gasteiger partial charge in [0.25, 0.3) is 0 Å². The fraction of sp³-hybridized carbons (Fsp3) is 0.231. The number of imidazole rings is 1. The van der Waals surface area contributed by atoms with Gasteiger partial charge in [-0.2, -0.15) is 13.2 Å². The third-order valence-corrected chi connectivity index (χ3v) is 6.08. The van der Waals surface area contributed by atoms with E-state index >= 15 is 0 Å². The molecule has 0 saturated carbocycles. The summed E-state index contributed by atoms with van der Waals surface area (Å²) in [6, 6.07) is 21.0. The van der Waals surface area contributed by atoms with Crippen molar-refractivity contribution < 1.29 is 18.0 Å². The Morgan fingerprint density at radius 1 is 1.00 bits per heavy atom. The van der Waals surface area contributed by atoms with Crippen molar-refractivity contribution in [3.63, 3.8) is 0 Å². The highest BCUT2D eigenvalue weighted by Crippen LogP contribution is 2.36. The monoisotopic (exact) mass is 449 g/mol. The van der Waals surface area contributed by atoms with Crippen LogP contribution in [0.25, 0.3) is 11.0 Å². The second kappa shape index (κ2) is 8.06. The largest absolute Gasteiger partial charge is 0.416 e. The van der Waals surface area contributed by atoms with Crippen LogP contribution in [0.3, 0.4) is 0 Å². The maximum atomic E-state index is 13.2. The van der Waals surface area contributed by atoms with Crippen LogP contribution < -0.4 is 4.90 Å². The third-order valence-electron chi connectivity index (χ3n) is 6.08. The summed E-state index contributed by atoms with van der Waals surface area (Å²) in [5.41, 5.74) is 3.59. The molecule has 168 valence electrons. The molecule has 1 amide bonds. The fourth-order valence-corrected chi connectivity index (χ4v) is 4.55. The Kier molecular flexibility index (Phi) is 5.19. The van der Waals surface area contributed by atoms with Crippen LogP contribution >= 0.6 is 0 Å². The topological polar surface area (TPSA) is 38.1 Å². The molecular weight excluding hydrogens is 427 g/mol. The molecule has 1 fully saturated rings.